The van der Waals surface area contributed by atoms with E-state index in [0.29, 0.717) is 6.04 Å². The Balaban J connectivity index is 1.21. The second-order valence-corrected chi connectivity index (χ2v) is 8.71. The second-order valence-electron chi connectivity index (χ2n) is 8.33. The molecule has 1 aliphatic heterocycles. The fourth-order valence-corrected chi connectivity index (χ4v) is 5.47. The molecule has 2 aliphatic carbocycles. The highest BCUT2D eigenvalue weighted by Gasteiger charge is 2.40. The molecule has 1 aromatic rings. The van der Waals surface area contributed by atoms with E-state index < -0.39 is 0 Å². The van der Waals surface area contributed by atoms with Crippen LogP contribution in [0.3, 0.4) is 0 Å². The van der Waals surface area contributed by atoms with E-state index in [0.717, 1.165) is 56.2 Å². The molecule has 2 saturated carbocycles. The monoisotopic (exact) mass is 360 g/mol. The molecule has 2 bridgehead atoms. The lowest BCUT2D eigenvalue weighted by Gasteiger charge is -2.38. The lowest BCUT2D eigenvalue weighted by Crippen LogP contribution is -2.54. The van der Waals surface area contributed by atoms with Gasteiger partial charge in [0.05, 0.1) is 0 Å². The Morgan fingerprint density at radius 1 is 1.04 bits per heavy atom. The van der Waals surface area contributed by atoms with E-state index in [1.54, 1.807) is 0 Å². The van der Waals surface area contributed by atoms with E-state index in [1.165, 1.54) is 37.1 Å². The Hall–Kier alpha value is -1.07. The normalized spacial score (nSPS) is 29.4. The van der Waals surface area contributed by atoms with Crippen molar-refractivity contribution in [3.05, 3.63) is 23.5 Å². The predicted molar refractivity (Wildman–Crippen MR) is 107 cm³/mol. The van der Waals surface area contributed by atoms with Gasteiger partial charge in [-0.15, -0.1) is 0 Å². The fourth-order valence-electron chi connectivity index (χ4n) is 5.14. The summed E-state index contributed by atoms with van der Waals surface area (Å²) in [5, 5.41) is 4.71. The summed E-state index contributed by atoms with van der Waals surface area (Å²) in [4.78, 5) is 4.97. The molecule has 1 N–H and O–H groups in total. The van der Waals surface area contributed by atoms with E-state index in [-0.39, 0.29) is 0 Å². The number of rotatable bonds is 4. The Morgan fingerprint density at radius 2 is 1.76 bits per heavy atom. The number of hydrogen-bond acceptors (Lipinski definition) is 2. The lowest BCUT2D eigenvalue weighted by atomic mass is 9.95. The molecule has 0 spiro atoms. The van der Waals surface area contributed by atoms with E-state index in [2.05, 4.69) is 45.7 Å². The van der Waals surface area contributed by atoms with Gasteiger partial charge in [0.25, 0.3) is 0 Å². The van der Waals surface area contributed by atoms with Crippen LogP contribution in [0.4, 0.5) is 0 Å². The molecule has 0 aromatic carbocycles. The maximum absolute atomic E-state index is 5.72. The molecule has 0 radical (unpaired) electrons. The zero-order valence-electron chi connectivity index (χ0n) is 15.7. The lowest BCUT2D eigenvalue weighted by molar-refractivity contribution is 0.174. The van der Waals surface area contributed by atoms with Crippen molar-refractivity contribution >= 4 is 17.3 Å². The summed E-state index contributed by atoms with van der Waals surface area (Å²) in [6, 6.07) is 5.09. The summed E-state index contributed by atoms with van der Waals surface area (Å²) in [6.45, 7) is 11.0. The average Bonchev–Trinajstić information content (AvgIpc) is 3.31. The van der Waals surface area contributed by atoms with Crippen molar-refractivity contribution in [1.82, 2.24) is 19.7 Å². The first-order valence-electron chi connectivity index (χ1n) is 10.0. The Morgan fingerprint density at radius 3 is 2.36 bits per heavy atom. The minimum atomic E-state index is 0.656. The Labute approximate surface area is 157 Å². The van der Waals surface area contributed by atoms with Gasteiger partial charge >= 0.3 is 0 Å². The van der Waals surface area contributed by atoms with Gasteiger partial charge in [0.2, 0.25) is 0 Å². The number of thiocarbonyl (C=S) groups is 1. The SMILES string of the molecule is Cc1ccc(C)n1CCN1CCN(C(=S)N[C@H]2C[C@@H]3CC[C@H]2C3)CC1. The molecule has 0 amide bonds. The molecule has 3 fully saturated rings. The quantitative estimate of drug-likeness (QED) is 0.834. The third-order valence-corrected chi connectivity index (χ3v) is 7.14. The predicted octanol–water partition coefficient (Wildman–Crippen LogP) is 2.79. The van der Waals surface area contributed by atoms with Crippen LogP contribution in [-0.4, -0.2) is 58.2 Å². The van der Waals surface area contributed by atoms with Crippen molar-refractivity contribution in [2.45, 2.75) is 52.1 Å². The van der Waals surface area contributed by atoms with Gasteiger partial charge < -0.3 is 14.8 Å². The number of aryl methyl sites for hydroxylation is 2. The highest BCUT2D eigenvalue weighted by atomic mass is 32.1. The van der Waals surface area contributed by atoms with Crippen LogP contribution in [0.2, 0.25) is 0 Å². The van der Waals surface area contributed by atoms with Crippen LogP contribution in [-0.2, 0) is 6.54 Å². The molecule has 5 heteroatoms. The Bertz CT molecular complexity index is 598. The van der Waals surface area contributed by atoms with Gasteiger partial charge in [-0.05, 0) is 69.3 Å². The first-order valence-corrected chi connectivity index (χ1v) is 10.4. The topological polar surface area (TPSA) is 23.4 Å². The molecule has 0 unspecified atom stereocenters. The molecule has 25 heavy (non-hydrogen) atoms. The minimum Gasteiger partial charge on any atom is -0.360 e. The molecular formula is C20H32N4S. The molecule has 2 heterocycles. The van der Waals surface area contributed by atoms with Crippen LogP contribution in [0.25, 0.3) is 0 Å². The van der Waals surface area contributed by atoms with Crippen molar-refractivity contribution in [3.8, 4) is 0 Å². The highest BCUT2D eigenvalue weighted by Crippen LogP contribution is 2.44. The van der Waals surface area contributed by atoms with E-state index in [4.69, 9.17) is 12.2 Å². The van der Waals surface area contributed by atoms with Gasteiger partial charge in [-0.2, -0.15) is 0 Å². The highest BCUT2D eigenvalue weighted by molar-refractivity contribution is 7.80. The van der Waals surface area contributed by atoms with Crippen LogP contribution in [0.15, 0.2) is 12.1 Å². The minimum absolute atomic E-state index is 0.656. The summed E-state index contributed by atoms with van der Waals surface area (Å²) >= 11 is 5.72. The van der Waals surface area contributed by atoms with Crippen molar-refractivity contribution in [1.29, 1.82) is 0 Å². The average molecular weight is 361 g/mol. The van der Waals surface area contributed by atoms with Gasteiger partial charge in [-0.3, -0.25) is 4.90 Å². The van der Waals surface area contributed by atoms with Gasteiger partial charge in [-0.1, -0.05) is 6.42 Å². The summed E-state index contributed by atoms with van der Waals surface area (Å²) in [5.41, 5.74) is 2.74. The number of fused-ring (bicyclic) bond motifs is 2. The molecule has 138 valence electrons. The standard InChI is InChI=1S/C20H32N4S/c1-15-3-4-16(2)24(15)12-9-22-7-10-23(11-8-22)20(25)21-19-14-17-5-6-18(19)13-17/h3-4,17-19H,5-14H2,1-2H3,(H,21,25)/t17-,18+,19+/m1/s1. The molecule has 3 atom stereocenters. The largest absolute Gasteiger partial charge is 0.360 e. The maximum atomic E-state index is 5.72. The molecular weight excluding hydrogens is 328 g/mol. The summed E-state index contributed by atoms with van der Waals surface area (Å²) in [5.74, 6) is 1.86. The summed E-state index contributed by atoms with van der Waals surface area (Å²) in [6.07, 6.45) is 5.65. The zero-order chi connectivity index (χ0) is 17.4. The first kappa shape index (κ1) is 17.3. The van der Waals surface area contributed by atoms with Crippen molar-refractivity contribution < 1.29 is 0 Å². The van der Waals surface area contributed by atoms with Gasteiger partial charge in [0.15, 0.2) is 5.11 Å². The molecule has 3 aliphatic rings. The van der Waals surface area contributed by atoms with Gasteiger partial charge in [0, 0.05) is 56.7 Å². The number of aromatic nitrogens is 1. The number of nitrogens with zero attached hydrogens (tertiary/aromatic N) is 3. The molecule has 1 saturated heterocycles. The zero-order valence-corrected chi connectivity index (χ0v) is 16.5. The third kappa shape index (κ3) is 3.72. The number of nitrogens with one attached hydrogen (secondary N) is 1. The van der Waals surface area contributed by atoms with E-state index in [1.807, 2.05) is 0 Å². The molecule has 1 aromatic heterocycles. The summed E-state index contributed by atoms with van der Waals surface area (Å²) in [7, 11) is 0. The fraction of sp³-hybridized carbons (Fsp3) is 0.750. The summed E-state index contributed by atoms with van der Waals surface area (Å²) < 4.78 is 2.42. The van der Waals surface area contributed by atoms with Crippen molar-refractivity contribution in [2.75, 3.05) is 32.7 Å². The smallest absolute Gasteiger partial charge is 0.169 e. The van der Waals surface area contributed by atoms with Crippen molar-refractivity contribution in [2.24, 2.45) is 11.8 Å². The van der Waals surface area contributed by atoms with Crippen LogP contribution in [0.1, 0.15) is 37.1 Å². The first-order chi connectivity index (χ1) is 12.1. The van der Waals surface area contributed by atoms with Crippen molar-refractivity contribution in [3.63, 3.8) is 0 Å². The van der Waals surface area contributed by atoms with Crippen LogP contribution in [0.5, 0.6) is 0 Å². The van der Waals surface area contributed by atoms with E-state index in [9.17, 15) is 0 Å². The third-order valence-electron chi connectivity index (χ3n) is 6.76. The van der Waals surface area contributed by atoms with Gasteiger partial charge in [0.1, 0.15) is 0 Å². The molecule has 4 rings (SSSR count). The van der Waals surface area contributed by atoms with Crippen LogP contribution in [0, 0.1) is 25.7 Å². The van der Waals surface area contributed by atoms with E-state index >= 15 is 0 Å². The van der Waals surface area contributed by atoms with Gasteiger partial charge in [-0.25, -0.2) is 0 Å². The second kappa shape index (κ2) is 7.28. The van der Waals surface area contributed by atoms with Crippen LogP contribution < -0.4 is 5.32 Å². The Kier molecular flexibility index (Phi) is 5.05. The van der Waals surface area contributed by atoms with Crippen LogP contribution >= 0.6 is 12.2 Å². The number of piperazine rings is 1. The molecule has 4 nitrogen and oxygen atoms in total. The number of hydrogen-bond donors (Lipinski definition) is 1. The maximum Gasteiger partial charge on any atom is 0.169 e.